The van der Waals surface area contributed by atoms with Gasteiger partial charge in [-0.1, -0.05) is 11.6 Å². The second kappa shape index (κ2) is 5.57. The highest BCUT2D eigenvalue weighted by molar-refractivity contribution is 6.30. The van der Waals surface area contributed by atoms with Crippen LogP contribution < -0.4 is 5.32 Å². The summed E-state index contributed by atoms with van der Waals surface area (Å²) in [4.78, 5) is 4.63. The van der Waals surface area contributed by atoms with Crippen LogP contribution in [0, 0.1) is 0 Å². The Morgan fingerprint density at radius 3 is 2.62 bits per heavy atom. The van der Waals surface area contributed by atoms with Gasteiger partial charge >= 0.3 is 0 Å². The van der Waals surface area contributed by atoms with Crippen molar-refractivity contribution in [2.24, 2.45) is 0 Å². The number of aliphatic hydroxyl groups is 1. The number of aromatic nitrogens is 3. The monoisotopic (exact) mass is 346 g/mol. The maximum atomic E-state index is 10.2. The van der Waals surface area contributed by atoms with Crippen molar-refractivity contribution in [3.8, 4) is 17.0 Å². The highest BCUT2D eigenvalue weighted by atomic mass is 35.5. The molecule has 24 heavy (non-hydrogen) atoms. The number of nitrogens with one attached hydrogen (secondary N) is 1. The van der Waals surface area contributed by atoms with E-state index < -0.39 is 5.60 Å². The summed E-state index contributed by atoms with van der Waals surface area (Å²) >= 11 is 5.90. The summed E-state index contributed by atoms with van der Waals surface area (Å²) in [7, 11) is 0. The Kier molecular flexibility index (Phi) is 3.62. The van der Waals surface area contributed by atoms with Crippen molar-refractivity contribution in [2.75, 3.05) is 5.32 Å². The minimum absolute atomic E-state index is 0.0799. The summed E-state index contributed by atoms with van der Waals surface area (Å²) in [5.74, 6) is 0.918. The number of phenolic OH excluding ortho intramolecular Hbond substituents is 1. The van der Waals surface area contributed by atoms with Gasteiger partial charge in [0.05, 0.1) is 11.3 Å². The van der Waals surface area contributed by atoms with Gasteiger partial charge in [0, 0.05) is 22.5 Å². The van der Waals surface area contributed by atoms with E-state index >= 15 is 0 Å². The van der Waals surface area contributed by atoms with Gasteiger partial charge in [0.25, 0.3) is 0 Å². The van der Waals surface area contributed by atoms with Crippen LogP contribution >= 0.6 is 11.6 Å². The molecule has 0 unspecified atom stereocenters. The third-order valence-electron chi connectivity index (χ3n) is 4.60. The molecule has 1 heterocycles. The molecule has 2 aliphatic rings. The normalized spacial score (nSPS) is 26.0. The lowest BCUT2D eigenvalue weighted by molar-refractivity contribution is -0.0236. The van der Waals surface area contributed by atoms with Crippen molar-refractivity contribution in [3.05, 3.63) is 28.9 Å². The zero-order valence-electron chi connectivity index (χ0n) is 13.3. The lowest BCUT2D eigenvalue weighted by Gasteiger charge is -2.41. The molecule has 0 amide bonds. The van der Waals surface area contributed by atoms with Gasteiger partial charge in [-0.3, -0.25) is 0 Å². The molecule has 126 valence electrons. The fourth-order valence-corrected chi connectivity index (χ4v) is 3.39. The fraction of sp³-hybridized carbons (Fsp3) is 0.471. The molecule has 6 nitrogen and oxygen atoms in total. The summed E-state index contributed by atoms with van der Waals surface area (Å²) < 4.78 is 0. The smallest absolute Gasteiger partial charge is 0.243 e. The highest BCUT2D eigenvalue weighted by Crippen LogP contribution is 2.44. The predicted molar refractivity (Wildman–Crippen MR) is 91.2 cm³/mol. The molecule has 0 bridgehead atoms. The number of anilines is 1. The Balaban J connectivity index is 1.63. The molecule has 7 heteroatoms. The maximum Gasteiger partial charge on any atom is 0.243 e. The topological polar surface area (TPSA) is 91.2 Å². The number of benzene rings is 1. The van der Waals surface area contributed by atoms with Crippen LogP contribution in [0.1, 0.15) is 44.2 Å². The molecule has 2 aliphatic carbocycles. The molecule has 1 aromatic carbocycles. The average Bonchev–Trinajstić information content (AvgIpc) is 3.30. The third kappa shape index (κ3) is 3.03. The van der Waals surface area contributed by atoms with Gasteiger partial charge in [0.15, 0.2) is 0 Å². The van der Waals surface area contributed by atoms with Crippen molar-refractivity contribution in [2.45, 2.75) is 50.2 Å². The number of rotatable bonds is 4. The Morgan fingerprint density at radius 1 is 1.25 bits per heavy atom. The van der Waals surface area contributed by atoms with Gasteiger partial charge in [-0.05, 0) is 50.8 Å². The molecule has 0 spiro atoms. The number of nitrogens with zero attached hydrogens (tertiary/aromatic N) is 3. The van der Waals surface area contributed by atoms with Crippen LogP contribution in [0.4, 0.5) is 5.95 Å². The standard InChI is InChI=1S/C17H19ClN4O2/c1-17(24)7-11(8-17)19-16-20-14(9-2-3-9)15(21-22-16)12-5-4-10(18)6-13(12)23/h4-6,9,11,23-24H,2-3,7-8H2,1H3,(H,19,20,22). The van der Waals surface area contributed by atoms with E-state index in [-0.39, 0.29) is 11.8 Å². The highest BCUT2D eigenvalue weighted by Gasteiger charge is 2.39. The van der Waals surface area contributed by atoms with Crippen LogP contribution in [-0.4, -0.2) is 37.0 Å². The molecule has 0 saturated heterocycles. The van der Waals surface area contributed by atoms with Crippen LogP contribution in [0.3, 0.4) is 0 Å². The van der Waals surface area contributed by atoms with Gasteiger partial charge < -0.3 is 15.5 Å². The fourth-order valence-electron chi connectivity index (χ4n) is 3.22. The number of phenols is 1. The maximum absolute atomic E-state index is 10.2. The Labute approximate surface area is 144 Å². The van der Waals surface area contributed by atoms with E-state index in [0.29, 0.717) is 41.0 Å². The van der Waals surface area contributed by atoms with E-state index in [1.54, 1.807) is 12.1 Å². The van der Waals surface area contributed by atoms with Crippen molar-refractivity contribution < 1.29 is 10.2 Å². The van der Waals surface area contributed by atoms with Gasteiger partial charge in [0.2, 0.25) is 5.95 Å². The minimum atomic E-state index is -0.598. The second-order valence-electron chi connectivity index (χ2n) is 7.05. The van der Waals surface area contributed by atoms with E-state index in [4.69, 9.17) is 11.6 Å². The first-order chi connectivity index (χ1) is 11.4. The summed E-state index contributed by atoms with van der Waals surface area (Å²) in [6.45, 7) is 1.83. The van der Waals surface area contributed by atoms with Crippen LogP contribution in [0.2, 0.25) is 5.02 Å². The van der Waals surface area contributed by atoms with Crippen LogP contribution in [0.15, 0.2) is 18.2 Å². The van der Waals surface area contributed by atoms with E-state index in [0.717, 1.165) is 18.5 Å². The van der Waals surface area contributed by atoms with Crippen molar-refractivity contribution in [3.63, 3.8) is 0 Å². The molecule has 0 aliphatic heterocycles. The average molecular weight is 347 g/mol. The van der Waals surface area contributed by atoms with Gasteiger partial charge in [0.1, 0.15) is 11.4 Å². The molecular weight excluding hydrogens is 328 g/mol. The molecule has 0 radical (unpaired) electrons. The molecular formula is C17H19ClN4O2. The quantitative estimate of drug-likeness (QED) is 0.788. The molecule has 0 atom stereocenters. The zero-order valence-corrected chi connectivity index (χ0v) is 14.1. The number of hydrogen-bond donors (Lipinski definition) is 3. The second-order valence-corrected chi connectivity index (χ2v) is 7.49. The van der Waals surface area contributed by atoms with E-state index in [9.17, 15) is 10.2 Å². The predicted octanol–water partition coefficient (Wildman–Crippen LogP) is 3.10. The third-order valence-corrected chi connectivity index (χ3v) is 4.83. The van der Waals surface area contributed by atoms with E-state index in [1.807, 2.05) is 6.92 Å². The van der Waals surface area contributed by atoms with E-state index in [2.05, 4.69) is 20.5 Å². The Bertz CT molecular complexity index is 784. The number of halogens is 1. The Morgan fingerprint density at radius 2 is 2.00 bits per heavy atom. The largest absolute Gasteiger partial charge is 0.507 e. The van der Waals surface area contributed by atoms with Gasteiger partial charge in [-0.25, -0.2) is 4.98 Å². The minimum Gasteiger partial charge on any atom is -0.507 e. The van der Waals surface area contributed by atoms with Crippen LogP contribution in [0.5, 0.6) is 5.75 Å². The molecule has 1 aromatic heterocycles. The lowest BCUT2D eigenvalue weighted by atomic mass is 9.77. The molecule has 3 N–H and O–H groups in total. The molecule has 2 saturated carbocycles. The van der Waals surface area contributed by atoms with E-state index in [1.165, 1.54) is 6.07 Å². The van der Waals surface area contributed by atoms with Crippen molar-refractivity contribution in [1.29, 1.82) is 0 Å². The van der Waals surface area contributed by atoms with Gasteiger partial charge in [-0.15, -0.1) is 10.2 Å². The summed E-state index contributed by atoms with van der Waals surface area (Å²) in [5, 5.41) is 32.2. The molecule has 4 rings (SSSR count). The SMILES string of the molecule is CC1(O)CC(Nc2nnc(-c3ccc(Cl)cc3O)c(C3CC3)n2)C1. The van der Waals surface area contributed by atoms with Gasteiger partial charge in [-0.2, -0.15) is 0 Å². The zero-order chi connectivity index (χ0) is 16.9. The van der Waals surface area contributed by atoms with Crippen molar-refractivity contribution >= 4 is 17.5 Å². The lowest BCUT2D eigenvalue weighted by Crippen LogP contribution is -2.48. The van der Waals surface area contributed by atoms with Crippen LogP contribution in [-0.2, 0) is 0 Å². The first kappa shape index (κ1) is 15.6. The summed E-state index contributed by atoms with van der Waals surface area (Å²) in [6, 6.07) is 5.13. The summed E-state index contributed by atoms with van der Waals surface area (Å²) in [6.07, 6.45) is 3.49. The first-order valence-electron chi connectivity index (χ1n) is 8.14. The Hall–Kier alpha value is -1.92. The van der Waals surface area contributed by atoms with Crippen molar-refractivity contribution in [1.82, 2.24) is 15.2 Å². The number of aromatic hydroxyl groups is 1. The first-order valence-corrected chi connectivity index (χ1v) is 8.51. The summed E-state index contributed by atoms with van der Waals surface area (Å²) in [5.41, 5.74) is 1.47. The number of hydrogen-bond acceptors (Lipinski definition) is 6. The molecule has 2 fully saturated rings. The molecule has 2 aromatic rings. The van der Waals surface area contributed by atoms with Crippen LogP contribution in [0.25, 0.3) is 11.3 Å².